The van der Waals surface area contributed by atoms with Crippen LogP contribution in [-0.2, 0) is 16.0 Å². The Morgan fingerprint density at radius 2 is 1.90 bits per heavy atom. The maximum absolute atomic E-state index is 12.5. The van der Waals surface area contributed by atoms with E-state index in [1.165, 1.54) is 0 Å². The fourth-order valence-corrected chi connectivity index (χ4v) is 4.12. The highest BCUT2D eigenvalue weighted by molar-refractivity contribution is 5.80. The second kappa shape index (κ2) is 8.71. The first-order valence-corrected chi connectivity index (χ1v) is 10.2. The van der Waals surface area contributed by atoms with E-state index in [1.54, 1.807) is 25.9 Å². The molecular weight excluding hydrogens is 396 g/mol. The van der Waals surface area contributed by atoms with Crippen molar-refractivity contribution in [3.8, 4) is 17.2 Å². The molecular formula is C24H26N2O5. The van der Waals surface area contributed by atoms with Gasteiger partial charge in [-0.3, -0.25) is 9.59 Å². The van der Waals surface area contributed by atoms with Crippen molar-refractivity contribution in [1.82, 2.24) is 9.80 Å². The maximum Gasteiger partial charge on any atom is 0.231 e. The molecule has 2 aliphatic heterocycles. The third kappa shape index (κ3) is 4.35. The summed E-state index contributed by atoms with van der Waals surface area (Å²) in [5.41, 5.74) is 2.70. The molecule has 0 aliphatic carbocycles. The highest BCUT2D eigenvalue weighted by Crippen LogP contribution is 2.42. The second-order valence-electron chi connectivity index (χ2n) is 7.71. The summed E-state index contributed by atoms with van der Waals surface area (Å²) in [7, 11) is 1.57. The van der Waals surface area contributed by atoms with Gasteiger partial charge in [-0.05, 0) is 35.8 Å². The molecule has 2 amide bonds. The summed E-state index contributed by atoms with van der Waals surface area (Å²) < 4.78 is 16.4. The fraction of sp³-hybridized carbons (Fsp3) is 0.333. The van der Waals surface area contributed by atoms with Gasteiger partial charge in [0.25, 0.3) is 0 Å². The lowest BCUT2D eigenvalue weighted by molar-refractivity contribution is -0.137. The van der Waals surface area contributed by atoms with Gasteiger partial charge in [0.1, 0.15) is 0 Å². The van der Waals surface area contributed by atoms with Gasteiger partial charge in [0.2, 0.25) is 24.4 Å². The van der Waals surface area contributed by atoms with Gasteiger partial charge in [-0.1, -0.05) is 30.3 Å². The molecule has 1 unspecified atom stereocenters. The Hall–Kier alpha value is -3.48. The summed E-state index contributed by atoms with van der Waals surface area (Å²) in [6, 6.07) is 13.6. The summed E-state index contributed by atoms with van der Waals surface area (Å²) >= 11 is 0. The van der Waals surface area contributed by atoms with Gasteiger partial charge in [0.15, 0.2) is 11.5 Å². The van der Waals surface area contributed by atoms with Gasteiger partial charge in [0, 0.05) is 26.1 Å². The summed E-state index contributed by atoms with van der Waals surface area (Å²) in [4.78, 5) is 28.6. The van der Waals surface area contributed by atoms with Gasteiger partial charge in [-0.2, -0.15) is 0 Å². The third-order valence-corrected chi connectivity index (χ3v) is 5.63. The fourth-order valence-electron chi connectivity index (χ4n) is 4.12. The number of methoxy groups -OCH3 is 1. The Bertz CT molecular complexity index is 1020. The van der Waals surface area contributed by atoms with Crippen molar-refractivity contribution < 1.29 is 23.8 Å². The van der Waals surface area contributed by atoms with E-state index >= 15 is 0 Å². The van der Waals surface area contributed by atoms with Crippen molar-refractivity contribution in [3.63, 3.8) is 0 Å². The van der Waals surface area contributed by atoms with Crippen molar-refractivity contribution in [1.29, 1.82) is 0 Å². The molecule has 2 aromatic rings. The van der Waals surface area contributed by atoms with Crippen LogP contribution in [-0.4, -0.2) is 54.6 Å². The van der Waals surface area contributed by atoms with Crippen LogP contribution < -0.4 is 14.2 Å². The number of benzene rings is 2. The lowest BCUT2D eigenvalue weighted by Gasteiger charge is -2.42. The van der Waals surface area contributed by atoms with Crippen LogP contribution in [0.2, 0.25) is 0 Å². The first kappa shape index (κ1) is 20.8. The molecule has 2 aromatic carbocycles. The predicted octanol–water partition coefficient (Wildman–Crippen LogP) is 3.09. The zero-order valence-corrected chi connectivity index (χ0v) is 18.0. The molecule has 0 spiro atoms. The van der Waals surface area contributed by atoms with Crippen molar-refractivity contribution in [2.45, 2.75) is 26.3 Å². The van der Waals surface area contributed by atoms with Gasteiger partial charge < -0.3 is 24.0 Å². The van der Waals surface area contributed by atoms with Crippen molar-refractivity contribution in [2.24, 2.45) is 0 Å². The minimum absolute atomic E-state index is 0.0155. The number of nitrogens with zero attached hydrogens (tertiary/aromatic N) is 2. The van der Waals surface area contributed by atoms with E-state index in [4.69, 9.17) is 14.2 Å². The number of piperazine rings is 1. The molecule has 0 N–H and O–H groups in total. The molecule has 2 heterocycles. The molecule has 0 saturated carbocycles. The van der Waals surface area contributed by atoms with Crippen LogP contribution in [0.5, 0.6) is 17.2 Å². The zero-order valence-electron chi connectivity index (χ0n) is 18.0. The Morgan fingerprint density at radius 3 is 2.58 bits per heavy atom. The van der Waals surface area contributed by atoms with Crippen LogP contribution >= 0.6 is 0 Å². The van der Waals surface area contributed by atoms with Gasteiger partial charge >= 0.3 is 0 Å². The van der Waals surface area contributed by atoms with E-state index < -0.39 is 0 Å². The van der Waals surface area contributed by atoms with E-state index in [-0.39, 0.29) is 24.6 Å². The molecule has 1 saturated heterocycles. The van der Waals surface area contributed by atoms with E-state index in [0.29, 0.717) is 36.8 Å². The Labute approximate surface area is 181 Å². The second-order valence-corrected chi connectivity index (χ2v) is 7.71. The predicted molar refractivity (Wildman–Crippen MR) is 116 cm³/mol. The van der Waals surface area contributed by atoms with Crippen LogP contribution in [0.25, 0.3) is 6.08 Å². The monoisotopic (exact) mass is 422 g/mol. The standard InChI is InChI=1S/C24H26N2O5/c1-16(27)25-14-21(10-19-11-22(29-3)24-23(12-19)30-15-31-24)26(17(2)28)13-20(25)9-18-7-5-4-6-8-18/h4-8,10-12,20H,9,13-15H2,1-3H3. The summed E-state index contributed by atoms with van der Waals surface area (Å²) in [5, 5.41) is 0. The number of ether oxygens (including phenoxy) is 3. The van der Waals surface area contributed by atoms with Crippen LogP contribution in [0.4, 0.5) is 0 Å². The third-order valence-electron chi connectivity index (χ3n) is 5.63. The minimum atomic E-state index is -0.0905. The largest absolute Gasteiger partial charge is 0.493 e. The Kier molecular flexibility index (Phi) is 5.84. The molecule has 1 fully saturated rings. The average Bonchev–Trinajstić information content (AvgIpc) is 3.23. The Morgan fingerprint density at radius 1 is 1.13 bits per heavy atom. The molecule has 4 rings (SSSR count). The number of rotatable bonds is 4. The minimum Gasteiger partial charge on any atom is -0.493 e. The number of hydrogen-bond donors (Lipinski definition) is 0. The van der Waals surface area contributed by atoms with E-state index in [9.17, 15) is 9.59 Å². The first-order valence-electron chi connectivity index (χ1n) is 10.2. The Balaban J connectivity index is 1.66. The molecule has 0 aromatic heterocycles. The summed E-state index contributed by atoms with van der Waals surface area (Å²) in [6.45, 7) is 4.06. The van der Waals surface area contributed by atoms with Gasteiger partial charge in [-0.25, -0.2) is 0 Å². The first-order chi connectivity index (χ1) is 15.0. The van der Waals surface area contributed by atoms with Crippen molar-refractivity contribution in [3.05, 3.63) is 59.3 Å². The molecule has 0 radical (unpaired) electrons. The molecule has 7 nitrogen and oxygen atoms in total. The van der Waals surface area contributed by atoms with Gasteiger partial charge in [-0.15, -0.1) is 0 Å². The van der Waals surface area contributed by atoms with Crippen LogP contribution in [0.3, 0.4) is 0 Å². The lowest BCUT2D eigenvalue weighted by atomic mass is 10.00. The smallest absolute Gasteiger partial charge is 0.231 e. The maximum atomic E-state index is 12.5. The van der Waals surface area contributed by atoms with Crippen LogP contribution in [0, 0.1) is 0 Å². The van der Waals surface area contributed by atoms with Crippen molar-refractivity contribution >= 4 is 17.9 Å². The van der Waals surface area contributed by atoms with Crippen molar-refractivity contribution in [2.75, 3.05) is 27.0 Å². The molecule has 0 bridgehead atoms. The topological polar surface area (TPSA) is 68.3 Å². The highest BCUT2D eigenvalue weighted by atomic mass is 16.7. The quantitative estimate of drug-likeness (QED) is 0.758. The summed E-state index contributed by atoms with van der Waals surface area (Å²) in [6.07, 6.45) is 2.59. The number of amides is 2. The molecule has 7 heteroatoms. The molecule has 162 valence electrons. The van der Waals surface area contributed by atoms with Gasteiger partial charge in [0.05, 0.1) is 19.7 Å². The molecule has 2 aliphatic rings. The normalized spacial score (nSPS) is 18.9. The SMILES string of the molecule is COc1cc(C=C2CN(C(C)=O)C(Cc3ccccc3)CN2C(C)=O)cc2c1OCO2. The van der Waals surface area contributed by atoms with Crippen LogP contribution in [0.1, 0.15) is 25.0 Å². The summed E-state index contributed by atoms with van der Waals surface area (Å²) in [5.74, 6) is 1.67. The molecule has 1 atom stereocenters. The number of fused-ring (bicyclic) bond motifs is 1. The van der Waals surface area contributed by atoms with Crippen LogP contribution in [0.15, 0.2) is 48.2 Å². The highest BCUT2D eigenvalue weighted by Gasteiger charge is 2.33. The lowest BCUT2D eigenvalue weighted by Crippen LogP contribution is -2.55. The average molecular weight is 422 g/mol. The van der Waals surface area contributed by atoms with E-state index in [1.807, 2.05) is 53.4 Å². The molecule has 31 heavy (non-hydrogen) atoms. The zero-order chi connectivity index (χ0) is 22.0. The number of carbonyl (C=O) groups is 2. The van der Waals surface area contributed by atoms with E-state index in [0.717, 1.165) is 16.8 Å². The van der Waals surface area contributed by atoms with E-state index in [2.05, 4.69) is 0 Å². The number of carbonyl (C=O) groups excluding carboxylic acids is 2. The number of hydrogen-bond acceptors (Lipinski definition) is 5.